The monoisotopic (exact) mass is 482 g/mol. The Labute approximate surface area is 202 Å². The molecule has 1 aliphatic rings. The number of benzene rings is 2. The predicted molar refractivity (Wildman–Crippen MR) is 127 cm³/mol. The van der Waals surface area contributed by atoms with Gasteiger partial charge >= 0.3 is 0 Å². The number of aryl methyl sites for hydroxylation is 1. The Balaban J connectivity index is 1.34. The molecule has 178 valence electrons. The van der Waals surface area contributed by atoms with Gasteiger partial charge in [0.15, 0.2) is 12.2 Å². The van der Waals surface area contributed by atoms with E-state index in [2.05, 4.69) is 10.3 Å². The number of likely N-dealkylation sites (tertiary alicyclic amines) is 1. The van der Waals surface area contributed by atoms with Crippen LogP contribution in [0.4, 0.5) is 0 Å². The van der Waals surface area contributed by atoms with Crippen LogP contribution in [-0.4, -0.2) is 55.2 Å². The minimum Gasteiger partial charge on any atom is -0.380 e. The van der Waals surface area contributed by atoms with Gasteiger partial charge in [0.2, 0.25) is 0 Å². The summed E-state index contributed by atoms with van der Waals surface area (Å²) in [5, 5.41) is 24.0. The Bertz CT molecular complexity index is 1160. The number of carbonyl (C=O) groups is 2. The molecule has 3 aromatic rings. The topological polar surface area (TPSA) is 108 Å². The minimum absolute atomic E-state index is 0.148. The number of hydrogen-bond acceptors (Lipinski definition) is 5. The Kier molecular flexibility index (Phi) is 7.31. The van der Waals surface area contributed by atoms with Gasteiger partial charge in [-0.05, 0) is 55.2 Å². The lowest BCUT2D eigenvalue weighted by molar-refractivity contribution is -0.153. The molecule has 0 saturated carbocycles. The second-order valence-corrected chi connectivity index (χ2v) is 8.80. The zero-order chi connectivity index (χ0) is 24.2. The summed E-state index contributed by atoms with van der Waals surface area (Å²) in [6, 6.07) is 14.5. The van der Waals surface area contributed by atoms with E-state index in [1.165, 1.54) is 4.90 Å². The number of carbonyl (C=O) groups excluding carboxylic acids is 2. The molecule has 2 aromatic carbocycles. The molecule has 9 heteroatoms. The molecule has 1 saturated heterocycles. The largest absolute Gasteiger partial charge is 0.380 e. The molecule has 1 aliphatic heterocycles. The van der Waals surface area contributed by atoms with Crippen LogP contribution in [0.1, 0.15) is 35.8 Å². The van der Waals surface area contributed by atoms with Gasteiger partial charge in [0.05, 0.1) is 6.04 Å². The lowest BCUT2D eigenvalue weighted by atomic mass is 10.0. The lowest BCUT2D eigenvalue weighted by Crippen LogP contribution is -2.50. The van der Waals surface area contributed by atoms with Crippen molar-refractivity contribution in [2.45, 2.75) is 44.6 Å². The van der Waals surface area contributed by atoms with E-state index in [4.69, 9.17) is 11.6 Å². The Morgan fingerprint density at radius 1 is 1.18 bits per heavy atom. The van der Waals surface area contributed by atoms with Gasteiger partial charge in [-0.15, -0.1) is 0 Å². The number of amides is 2. The third-order valence-corrected chi connectivity index (χ3v) is 6.33. The van der Waals surface area contributed by atoms with Crippen LogP contribution in [0.15, 0.2) is 60.9 Å². The van der Waals surface area contributed by atoms with Crippen molar-refractivity contribution in [2.24, 2.45) is 0 Å². The van der Waals surface area contributed by atoms with Crippen LogP contribution in [0, 0.1) is 6.92 Å². The van der Waals surface area contributed by atoms with Crippen molar-refractivity contribution in [3.63, 3.8) is 0 Å². The van der Waals surface area contributed by atoms with E-state index < -0.39 is 24.0 Å². The SMILES string of the molecule is Cc1nccn1-c1ccc(CNC(=O)[C@H](O)[C@@H](O)C(=O)N2CCCC2c2cccc(Cl)c2)cc1. The van der Waals surface area contributed by atoms with Crippen LogP contribution < -0.4 is 5.32 Å². The molecular formula is C25H27ClN4O4. The fourth-order valence-corrected chi connectivity index (χ4v) is 4.46. The normalized spacial score (nSPS) is 17.4. The smallest absolute Gasteiger partial charge is 0.255 e. The van der Waals surface area contributed by atoms with Crippen molar-refractivity contribution < 1.29 is 19.8 Å². The van der Waals surface area contributed by atoms with Gasteiger partial charge in [0, 0.05) is 36.2 Å². The third kappa shape index (κ3) is 5.14. The molecular weight excluding hydrogens is 456 g/mol. The maximum absolute atomic E-state index is 12.9. The van der Waals surface area contributed by atoms with Gasteiger partial charge in [0.25, 0.3) is 11.8 Å². The molecule has 34 heavy (non-hydrogen) atoms. The molecule has 0 bridgehead atoms. The zero-order valence-corrected chi connectivity index (χ0v) is 19.5. The molecule has 1 unspecified atom stereocenters. The first-order chi connectivity index (χ1) is 16.3. The summed E-state index contributed by atoms with van der Waals surface area (Å²) in [5.74, 6) is -0.627. The number of rotatable bonds is 7. The van der Waals surface area contributed by atoms with Gasteiger partial charge in [-0.2, -0.15) is 0 Å². The Hall–Kier alpha value is -3.20. The first kappa shape index (κ1) is 23.9. The molecule has 2 amide bonds. The fourth-order valence-electron chi connectivity index (χ4n) is 4.26. The molecule has 1 aromatic heterocycles. The number of hydrogen-bond donors (Lipinski definition) is 3. The highest BCUT2D eigenvalue weighted by Crippen LogP contribution is 2.33. The Morgan fingerprint density at radius 2 is 1.94 bits per heavy atom. The third-order valence-electron chi connectivity index (χ3n) is 6.10. The number of nitrogens with zero attached hydrogens (tertiary/aromatic N) is 3. The number of aromatic nitrogens is 2. The standard InChI is InChI=1S/C25H27ClN4O4/c1-16-27-11-13-29(16)20-9-7-17(8-10-20)15-28-24(33)22(31)23(32)25(34)30-12-3-6-21(30)18-4-2-5-19(26)14-18/h2,4-5,7-11,13-14,21-23,31-32H,3,6,12,15H2,1H3,(H,28,33)/t21?,22-,23-/m1/s1. The van der Waals surface area contributed by atoms with Crippen molar-refractivity contribution in [1.82, 2.24) is 19.8 Å². The summed E-state index contributed by atoms with van der Waals surface area (Å²) in [6.45, 7) is 2.49. The maximum atomic E-state index is 12.9. The first-order valence-corrected chi connectivity index (χ1v) is 11.5. The van der Waals surface area contributed by atoms with Gasteiger partial charge in [-0.1, -0.05) is 35.9 Å². The predicted octanol–water partition coefficient (Wildman–Crippen LogP) is 2.54. The summed E-state index contributed by atoms with van der Waals surface area (Å²) in [5.41, 5.74) is 2.60. The van der Waals surface area contributed by atoms with E-state index in [-0.39, 0.29) is 12.6 Å². The summed E-state index contributed by atoms with van der Waals surface area (Å²) >= 11 is 6.08. The van der Waals surface area contributed by atoms with E-state index in [0.29, 0.717) is 11.6 Å². The summed E-state index contributed by atoms with van der Waals surface area (Å²) in [6.07, 6.45) is 1.32. The average Bonchev–Trinajstić information content (AvgIpc) is 3.50. The first-order valence-electron chi connectivity index (χ1n) is 11.1. The zero-order valence-electron chi connectivity index (χ0n) is 18.8. The summed E-state index contributed by atoms with van der Waals surface area (Å²) in [4.78, 5) is 31.1. The fraction of sp³-hybridized carbons (Fsp3) is 0.320. The summed E-state index contributed by atoms with van der Waals surface area (Å²) < 4.78 is 1.93. The van der Waals surface area contributed by atoms with Crippen molar-refractivity contribution in [3.05, 3.63) is 82.9 Å². The van der Waals surface area contributed by atoms with E-state index in [9.17, 15) is 19.8 Å². The van der Waals surface area contributed by atoms with Crippen molar-refractivity contribution in [3.8, 4) is 5.69 Å². The van der Waals surface area contributed by atoms with Crippen LogP contribution in [0.2, 0.25) is 5.02 Å². The quantitative estimate of drug-likeness (QED) is 0.479. The highest BCUT2D eigenvalue weighted by atomic mass is 35.5. The molecule has 3 N–H and O–H groups in total. The highest BCUT2D eigenvalue weighted by Gasteiger charge is 2.38. The number of aliphatic hydroxyl groups excluding tert-OH is 2. The van der Waals surface area contributed by atoms with Crippen LogP contribution in [0.3, 0.4) is 0 Å². The number of aliphatic hydroxyl groups is 2. The second kappa shape index (κ2) is 10.4. The molecule has 1 fully saturated rings. The van der Waals surface area contributed by atoms with Gasteiger partial charge in [0.1, 0.15) is 5.82 Å². The van der Waals surface area contributed by atoms with Crippen molar-refractivity contribution >= 4 is 23.4 Å². The minimum atomic E-state index is -1.87. The Morgan fingerprint density at radius 3 is 2.62 bits per heavy atom. The number of nitrogens with one attached hydrogen (secondary N) is 1. The van der Waals surface area contributed by atoms with E-state index in [1.54, 1.807) is 24.4 Å². The summed E-state index contributed by atoms with van der Waals surface area (Å²) in [7, 11) is 0. The lowest BCUT2D eigenvalue weighted by Gasteiger charge is -2.28. The van der Waals surface area contributed by atoms with Gasteiger partial charge < -0.3 is 25.0 Å². The molecule has 0 aliphatic carbocycles. The van der Waals surface area contributed by atoms with Crippen molar-refractivity contribution in [1.29, 1.82) is 0 Å². The number of halogens is 1. The molecule has 0 radical (unpaired) electrons. The van der Waals surface area contributed by atoms with E-state index >= 15 is 0 Å². The van der Waals surface area contributed by atoms with Gasteiger partial charge in [-0.3, -0.25) is 9.59 Å². The van der Waals surface area contributed by atoms with E-state index in [0.717, 1.165) is 35.5 Å². The number of imidazole rings is 1. The van der Waals surface area contributed by atoms with Crippen LogP contribution in [0.5, 0.6) is 0 Å². The molecule has 2 heterocycles. The molecule has 8 nitrogen and oxygen atoms in total. The van der Waals surface area contributed by atoms with Gasteiger partial charge in [-0.25, -0.2) is 4.98 Å². The molecule has 3 atom stereocenters. The second-order valence-electron chi connectivity index (χ2n) is 8.36. The van der Waals surface area contributed by atoms with Crippen LogP contribution in [-0.2, 0) is 16.1 Å². The van der Waals surface area contributed by atoms with Crippen LogP contribution >= 0.6 is 11.6 Å². The molecule has 4 rings (SSSR count). The van der Waals surface area contributed by atoms with Crippen molar-refractivity contribution in [2.75, 3.05) is 6.54 Å². The maximum Gasteiger partial charge on any atom is 0.255 e. The van der Waals surface area contributed by atoms with E-state index in [1.807, 2.05) is 48.0 Å². The van der Waals surface area contributed by atoms with Crippen LogP contribution in [0.25, 0.3) is 5.69 Å². The average molecular weight is 483 g/mol. The highest BCUT2D eigenvalue weighted by molar-refractivity contribution is 6.30. The molecule has 0 spiro atoms.